The van der Waals surface area contributed by atoms with Gasteiger partial charge in [-0.15, -0.1) is 0 Å². The van der Waals surface area contributed by atoms with Crippen molar-refractivity contribution in [2.24, 2.45) is 0 Å². The maximum atomic E-state index is 4.27. The van der Waals surface area contributed by atoms with Gasteiger partial charge < -0.3 is 0 Å². The van der Waals surface area contributed by atoms with E-state index in [9.17, 15) is 0 Å². The lowest BCUT2D eigenvalue weighted by Crippen LogP contribution is -2.37. The van der Waals surface area contributed by atoms with Gasteiger partial charge in [0.15, 0.2) is 0 Å². The summed E-state index contributed by atoms with van der Waals surface area (Å²) < 4.78 is 2.24. The van der Waals surface area contributed by atoms with Gasteiger partial charge in [0.05, 0.1) is 11.4 Å². The maximum absolute atomic E-state index is 4.27. The number of hydrogen-bond donors (Lipinski definition) is 0. The van der Waals surface area contributed by atoms with E-state index in [1.807, 2.05) is 0 Å². The molecule has 4 aliphatic rings. The van der Waals surface area contributed by atoms with Crippen molar-refractivity contribution in [1.29, 1.82) is 0 Å². The minimum atomic E-state index is -1.66. The molecule has 3 saturated carbocycles. The molecular weight excluding hydrogens is 803 g/mol. The van der Waals surface area contributed by atoms with E-state index in [4.69, 9.17) is 0 Å². The first kappa shape index (κ1) is 38.6. The Balaban J connectivity index is 1.55. The van der Waals surface area contributed by atoms with Gasteiger partial charge in [-0.1, -0.05) is 117 Å². The number of benzene rings is 3. The number of aryl methyl sites for hydroxylation is 6. The highest BCUT2D eigenvalue weighted by atomic mass is 79.9. The molecule has 0 radical (unpaired) electrons. The van der Waals surface area contributed by atoms with E-state index in [1.54, 1.807) is 5.57 Å². The number of thioether (sulfide) groups is 1. The molecule has 0 amide bonds. The Bertz CT molecular complexity index is 1760. The number of allylic oxidation sites excluding steroid dienone is 1. The third-order valence-electron chi connectivity index (χ3n) is 12.6. The van der Waals surface area contributed by atoms with Crippen LogP contribution in [0.1, 0.15) is 123 Å². The zero-order valence-electron chi connectivity index (χ0n) is 32.4. The monoisotopic (exact) mass is 860 g/mol. The lowest BCUT2D eigenvalue weighted by Gasteiger charge is -2.51. The molecule has 1 unspecified atom stereocenters. The fourth-order valence-corrected chi connectivity index (χ4v) is 20.8. The van der Waals surface area contributed by atoms with Crippen LogP contribution in [-0.2, 0) is 0 Å². The minimum Gasteiger partial charge on any atom is -0.287 e. The molecule has 3 aromatic carbocycles. The average molecular weight is 863 g/mol. The van der Waals surface area contributed by atoms with E-state index < -0.39 is 6.89 Å². The van der Waals surface area contributed by atoms with Crippen LogP contribution in [-0.4, -0.2) is 22.1 Å². The first-order valence-electron chi connectivity index (χ1n) is 20.1. The highest BCUT2D eigenvalue weighted by molar-refractivity contribution is 9.14. The Morgan fingerprint density at radius 2 is 1.04 bits per heavy atom. The van der Waals surface area contributed by atoms with Crippen LogP contribution in [0.2, 0.25) is 0 Å². The van der Waals surface area contributed by atoms with Crippen molar-refractivity contribution in [2.75, 3.05) is 9.80 Å². The molecule has 7 rings (SSSR count). The number of nitrogens with zero attached hydrogens (tertiary/aromatic N) is 2. The normalized spacial score (nSPS) is 21.0. The second-order valence-corrected chi connectivity index (χ2v) is 23.3. The van der Waals surface area contributed by atoms with Crippen LogP contribution in [0.25, 0.3) is 0 Å². The molecule has 0 bridgehead atoms. The van der Waals surface area contributed by atoms with Gasteiger partial charge in [0.25, 0.3) is 0 Å². The summed E-state index contributed by atoms with van der Waals surface area (Å²) in [5, 5.41) is 2.98. The molecule has 1 heterocycles. The first-order chi connectivity index (χ1) is 25.1. The van der Waals surface area contributed by atoms with E-state index in [0.29, 0.717) is 5.66 Å². The van der Waals surface area contributed by atoms with E-state index in [2.05, 4.69) is 155 Å². The van der Waals surface area contributed by atoms with Gasteiger partial charge in [-0.05, 0) is 175 Å². The lowest BCUT2D eigenvalue weighted by molar-refractivity contribution is 0.474. The van der Waals surface area contributed by atoms with Gasteiger partial charge in [-0.3, -0.25) is 9.80 Å². The van der Waals surface area contributed by atoms with Crippen molar-refractivity contribution < 1.29 is 0 Å². The fraction of sp³-hybridized carbons (Fsp3) is 0.500. The Hall–Kier alpha value is -1.65. The van der Waals surface area contributed by atoms with Crippen molar-refractivity contribution >= 4 is 67.0 Å². The summed E-state index contributed by atoms with van der Waals surface area (Å²) in [5.41, 5.74) is 14.6. The second-order valence-electron chi connectivity index (χ2n) is 16.4. The molecule has 6 heteroatoms. The molecule has 0 N–H and O–H groups in total. The Morgan fingerprint density at radius 3 is 1.50 bits per heavy atom. The Kier molecular flexibility index (Phi) is 12.3. The van der Waals surface area contributed by atoms with Crippen LogP contribution < -0.4 is 9.80 Å². The van der Waals surface area contributed by atoms with Crippen LogP contribution in [0, 0.1) is 41.5 Å². The molecule has 3 aliphatic carbocycles. The van der Waals surface area contributed by atoms with E-state index in [-0.39, 0.29) is 0 Å². The van der Waals surface area contributed by atoms with Crippen molar-refractivity contribution in [1.82, 2.24) is 0 Å². The van der Waals surface area contributed by atoms with Crippen molar-refractivity contribution in [2.45, 2.75) is 153 Å². The summed E-state index contributed by atoms with van der Waals surface area (Å²) in [6, 6.07) is 20.9. The highest BCUT2D eigenvalue weighted by Gasteiger charge is 2.48. The van der Waals surface area contributed by atoms with E-state index in [0.717, 1.165) is 20.5 Å². The predicted octanol–water partition coefficient (Wildman–Crippen LogP) is 15.2. The zero-order valence-corrected chi connectivity index (χ0v) is 37.3. The topological polar surface area (TPSA) is 6.48 Å². The van der Waals surface area contributed by atoms with E-state index >= 15 is 0 Å². The third-order valence-corrected chi connectivity index (χ3v) is 22.3. The van der Waals surface area contributed by atoms with Gasteiger partial charge in [-0.25, -0.2) is 0 Å². The molecule has 1 aliphatic heterocycles. The number of anilines is 2. The number of rotatable bonds is 7. The number of hydrogen-bond acceptors (Lipinski definition) is 3. The summed E-state index contributed by atoms with van der Waals surface area (Å²) in [7, 11) is 0. The van der Waals surface area contributed by atoms with E-state index in [1.165, 1.54) is 145 Å². The molecule has 1 atom stereocenters. The summed E-state index contributed by atoms with van der Waals surface area (Å²) in [5.74, 6) is 1.41. The van der Waals surface area contributed by atoms with Crippen molar-refractivity contribution in [3.05, 3.63) is 109 Å². The summed E-state index contributed by atoms with van der Waals surface area (Å²) in [6.07, 6.45) is 19.2. The molecule has 0 aromatic heterocycles. The van der Waals surface area contributed by atoms with Crippen LogP contribution in [0.15, 0.2) is 80.1 Å². The first-order valence-corrected chi connectivity index (χ1v) is 24.6. The van der Waals surface area contributed by atoms with Crippen molar-refractivity contribution in [3.63, 3.8) is 0 Å². The van der Waals surface area contributed by atoms with Gasteiger partial charge in [0.1, 0.15) is 15.0 Å². The predicted molar refractivity (Wildman–Crippen MR) is 239 cm³/mol. The van der Waals surface area contributed by atoms with Crippen LogP contribution in [0.5, 0.6) is 0 Å². The maximum Gasteiger partial charge on any atom is 0.123 e. The number of halogens is 2. The standard InChI is InChI=1S/C46H59Br2N2PS/c1-31-26-33(3)42(34(4)27-31)49-44(47)45(48)50(43-35(5)28-32(2)29-36(43)6)46(49)40-24-16-17-25-41(40)51(37-18-10-7-11-19-37,38-20-12-8-13-21-38)30-52-39-22-14-9-15-23-39/h9,14-15,22-23,26-30,37-38,41H,7-8,10-13,16-21,24-25H2,1-6H3. The van der Waals surface area contributed by atoms with Gasteiger partial charge in [-0.2, -0.15) is 0 Å². The zero-order chi connectivity index (χ0) is 36.6. The molecule has 3 aromatic rings. The van der Waals surface area contributed by atoms with Crippen molar-refractivity contribution in [3.8, 4) is 0 Å². The smallest absolute Gasteiger partial charge is 0.123 e. The lowest BCUT2D eigenvalue weighted by atomic mass is 9.92. The molecule has 3 fully saturated rings. The third kappa shape index (κ3) is 7.36. The quantitative estimate of drug-likeness (QED) is 0.133. The second kappa shape index (κ2) is 16.6. The van der Waals surface area contributed by atoms with Crippen LogP contribution in [0.4, 0.5) is 11.4 Å². The summed E-state index contributed by atoms with van der Waals surface area (Å²) in [6.45, 7) is 12.1. The molecular formula is C46H59Br2N2PS. The summed E-state index contributed by atoms with van der Waals surface area (Å²) in [4.78, 5) is 6.69. The van der Waals surface area contributed by atoms with Gasteiger partial charge in [0, 0.05) is 10.6 Å². The largest absolute Gasteiger partial charge is 0.287 e. The van der Waals surface area contributed by atoms with Crippen LogP contribution >= 0.6 is 50.5 Å². The minimum absolute atomic E-state index is 0.597. The SMILES string of the molecule is Cc1cc(C)c(N2C(Br)=C(Br)N(c3c(C)cc(C)cc3C)C2=C2CCCCC2P(=CSc2ccccc2)(C2CCCCC2)C2CCCCC2)c(C)c1. The highest BCUT2D eigenvalue weighted by Crippen LogP contribution is 2.71. The molecule has 52 heavy (non-hydrogen) atoms. The Morgan fingerprint density at radius 1 is 0.596 bits per heavy atom. The molecule has 278 valence electrons. The Labute approximate surface area is 336 Å². The average Bonchev–Trinajstić information content (AvgIpc) is 3.38. The van der Waals surface area contributed by atoms with Gasteiger partial charge >= 0.3 is 0 Å². The van der Waals surface area contributed by atoms with Gasteiger partial charge in [0.2, 0.25) is 0 Å². The molecule has 0 spiro atoms. The molecule has 0 saturated heterocycles. The summed E-state index contributed by atoms with van der Waals surface area (Å²) >= 11 is 10.6. The fourth-order valence-electron chi connectivity index (χ4n) is 10.7. The molecule has 2 nitrogen and oxygen atoms in total. The van der Waals surface area contributed by atoms with Crippen LogP contribution in [0.3, 0.4) is 0 Å².